The van der Waals surface area contributed by atoms with Crippen molar-refractivity contribution in [3.8, 4) is 0 Å². The van der Waals surface area contributed by atoms with Gasteiger partial charge in [-0.25, -0.2) is 0 Å². The molecule has 19 heavy (non-hydrogen) atoms. The molecular formula is C14H26N4O. The van der Waals surface area contributed by atoms with Crippen LogP contribution < -0.4 is 11.1 Å². The Bertz CT molecular complexity index is 412. The molecule has 1 aromatic heterocycles. The van der Waals surface area contributed by atoms with E-state index < -0.39 is 0 Å². The second kappa shape index (κ2) is 7.28. The topological polar surface area (TPSA) is 72.9 Å². The first-order valence-corrected chi connectivity index (χ1v) is 7.08. The molecule has 1 aromatic rings. The van der Waals surface area contributed by atoms with E-state index >= 15 is 0 Å². The van der Waals surface area contributed by atoms with Crippen LogP contribution in [0.2, 0.25) is 0 Å². The van der Waals surface area contributed by atoms with Crippen LogP contribution in [-0.2, 0) is 24.2 Å². The molecule has 1 amide bonds. The standard InChI is InChI=1S/C14H26N4O/c1-5-11-9-12(6-2)18(17-11)8-7-13(14(15)19)16-10(3)4/h9-10,13,16H,5-8H2,1-4H3,(H2,15,19). The highest BCUT2D eigenvalue weighted by atomic mass is 16.1. The van der Waals surface area contributed by atoms with E-state index in [0.717, 1.165) is 25.1 Å². The molecule has 1 heterocycles. The molecule has 0 aliphatic rings. The molecule has 0 aliphatic carbocycles. The van der Waals surface area contributed by atoms with Crippen LogP contribution in [0, 0.1) is 0 Å². The Morgan fingerprint density at radius 1 is 1.42 bits per heavy atom. The molecule has 0 bridgehead atoms. The minimum absolute atomic E-state index is 0.243. The number of nitrogens with two attached hydrogens (primary N) is 1. The van der Waals surface area contributed by atoms with Gasteiger partial charge >= 0.3 is 0 Å². The number of carbonyl (C=O) groups excluding carboxylic acids is 1. The highest BCUT2D eigenvalue weighted by molar-refractivity contribution is 5.79. The maximum absolute atomic E-state index is 11.4. The maximum atomic E-state index is 11.4. The van der Waals surface area contributed by atoms with Gasteiger partial charge in [0, 0.05) is 18.3 Å². The van der Waals surface area contributed by atoms with E-state index in [0.29, 0.717) is 6.42 Å². The van der Waals surface area contributed by atoms with E-state index in [2.05, 4.69) is 30.3 Å². The van der Waals surface area contributed by atoms with Gasteiger partial charge in [-0.3, -0.25) is 9.48 Å². The van der Waals surface area contributed by atoms with Crippen molar-refractivity contribution < 1.29 is 4.79 Å². The summed E-state index contributed by atoms with van der Waals surface area (Å²) in [6, 6.07) is 2.08. The van der Waals surface area contributed by atoms with E-state index in [1.807, 2.05) is 18.5 Å². The number of hydrogen-bond donors (Lipinski definition) is 2. The molecule has 108 valence electrons. The summed E-state index contributed by atoms with van der Waals surface area (Å²) < 4.78 is 2.00. The number of nitrogens with one attached hydrogen (secondary N) is 1. The van der Waals surface area contributed by atoms with Crippen LogP contribution in [0.3, 0.4) is 0 Å². The summed E-state index contributed by atoms with van der Waals surface area (Å²) in [5.41, 5.74) is 7.73. The lowest BCUT2D eigenvalue weighted by molar-refractivity contribution is -0.120. The number of aromatic nitrogens is 2. The minimum Gasteiger partial charge on any atom is -0.368 e. The van der Waals surface area contributed by atoms with Gasteiger partial charge in [-0.2, -0.15) is 5.10 Å². The zero-order chi connectivity index (χ0) is 14.4. The Morgan fingerprint density at radius 2 is 2.11 bits per heavy atom. The minimum atomic E-state index is -0.297. The van der Waals surface area contributed by atoms with Crippen molar-refractivity contribution in [3.05, 3.63) is 17.5 Å². The van der Waals surface area contributed by atoms with Gasteiger partial charge in [-0.05, 0) is 25.3 Å². The molecule has 0 saturated heterocycles. The summed E-state index contributed by atoms with van der Waals surface area (Å²) in [4.78, 5) is 11.4. The second-order valence-electron chi connectivity index (χ2n) is 5.12. The van der Waals surface area contributed by atoms with Crippen molar-refractivity contribution in [2.45, 2.75) is 65.6 Å². The van der Waals surface area contributed by atoms with Crippen LogP contribution in [0.1, 0.15) is 45.5 Å². The SMILES string of the molecule is CCc1cc(CC)n(CCC(NC(C)C)C(N)=O)n1. The molecule has 1 atom stereocenters. The summed E-state index contributed by atoms with van der Waals surface area (Å²) in [6.45, 7) is 8.95. The Labute approximate surface area is 115 Å². The third kappa shape index (κ3) is 4.67. The molecule has 1 rings (SSSR count). The number of primary amides is 1. The lowest BCUT2D eigenvalue weighted by atomic mass is 10.1. The largest absolute Gasteiger partial charge is 0.368 e. The molecule has 1 unspecified atom stereocenters. The number of aryl methyl sites for hydroxylation is 3. The summed E-state index contributed by atoms with van der Waals surface area (Å²) in [5.74, 6) is -0.297. The first-order valence-electron chi connectivity index (χ1n) is 7.08. The molecule has 0 aliphatic heterocycles. The van der Waals surface area contributed by atoms with Crippen molar-refractivity contribution >= 4 is 5.91 Å². The van der Waals surface area contributed by atoms with Gasteiger partial charge < -0.3 is 11.1 Å². The molecule has 0 fully saturated rings. The third-order valence-electron chi connectivity index (χ3n) is 3.15. The van der Waals surface area contributed by atoms with Crippen LogP contribution in [0.5, 0.6) is 0 Å². The molecular weight excluding hydrogens is 240 g/mol. The van der Waals surface area contributed by atoms with Gasteiger partial charge in [0.2, 0.25) is 5.91 Å². The van der Waals surface area contributed by atoms with Gasteiger partial charge in [-0.1, -0.05) is 27.7 Å². The molecule has 5 heteroatoms. The average molecular weight is 266 g/mol. The molecule has 0 saturated carbocycles. The lowest BCUT2D eigenvalue weighted by Crippen LogP contribution is -2.45. The zero-order valence-corrected chi connectivity index (χ0v) is 12.4. The van der Waals surface area contributed by atoms with E-state index in [-0.39, 0.29) is 18.0 Å². The van der Waals surface area contributed by atoms with Crippen LogP contribution in [0.25, 0.3) is 0 Å². The second-order valence-corrected chi connectivity index (χ2v) is 5.12. The van der Waals surface area contributed by atoms with Gasteiger partial charge in [0.05, 0.1) is 11.7 Å². The van der Waals surface area contributed by atoms with E-state index in [9.17, 15) is 4.79 Å². The fourth-order valence-corrected chi connectivity index (χ4v) is 2.13. The molecule has 0 aromatic carbocycles. The van der Waals surface area contributed by atoms with Crippen molar-refractivity contribution in [1.82, 2.24) is 15.1 Å². The van der Waals surface area contributed by atoms with Gasteiger partial charge in [0.25, 0.3) is 0 Å². The number of nitrogens with zero attached hydrogens (tertiary/aromatic N) is 2. The van der Waals surface area contributed by atoms with E-state index in [1.54, 1.807) is 0 Å². The predicted molar refractivity (Wildman–Crippen MR) is 76.9 cm³/mol. The summed E-state index contributed by atoms with van der Waals surface area (Å²) in [6.07, 6.45) is 2.56. The monoisotopic (exact) mass is 266 g/mol. The third-order valence-corrected chi connectivity index (χ3v) is 3.15. The fourth-order valence-electron chi connectivity index (χ4n) is 2.13. The zero-order valence-electron chi connectivity index (χ0n) is 12.4. The van der Waals surface area contributed by atoms with Gasteiger partial charge in [0.15, 0.2) is 0 Å². The smallest absolute Gasteiger partial charge is 0.234 e. The van der Waals surface area contributed by atoms with Crippen molar-refractivity contribution in [3.63, 3.8) is 0 Å². The molecule has 5 nitrogen and oxygen atoms in total. The van der Waals surface area contributed by atoms with E-state index in [1.165, 1.54) is 5.69 Å². The highest BCUT2D eigenvalue weighted by Crippen LogP contribution is 2.08. The van der Waals surface area contributed by atoms with Crippen molar-refractivity contribution in [2.24, 2.45) is 5.73 Å². The summed E-state index contributed by atoms with van der Waals surface area (Å²) >= 11 is 0. The predicted octanol–water partition coefficient (Wildman–Crippen LogP) is 1.25. The van der Waals surface area contributed by atoms with Crippen LogP contribution in [0.15, 0.2) is 6.07 Å². The molecule has 0 spiro atoms. The maximum Gasteiger partial charge on any atom is 0.234 e. The lowest BCUT2D eigenvalue weighted by Gasteiger charge is -2.18. The number of rotatable bonds is 8. The van der Waals surface area contributed by atoms with Gasteiger partial charge in [-0.15, -0.1) is 0 Å². The van der Waals surface area contributed by atoms with Crippen LogP contribution >= 0.6 is 0 Å². The Hall–Kier alpha value is -1.36. The van der Waals surface area contributed by atoms with Crippen molar-refractivity contribution in [2.75, 3.05) is 0 Å². The first-order chi connectivity index (χ1) is 8.97. The van der Waals surface area contributed by atoms with E-state index in [4.69, 9.17) is 5.73 Å². The Morgan fingerprint density at radius 3 is 2.58 bits per heavy atom. The first kappa shape index (κ1) is 15.7. The summed E-state index contributed by atoms with van der Waals surface area (Å²) in [5, 5.41) is 7.74. The molecule has 3 N–H and O–H groups in total. The normalized spacial score (nSPS) is 12.9. The van der Waals surface area contributed by atoms with Crippen LogP contribution in [0.4, 0.5) is 0 Å². The Kier molecular flexibility index (Phi) is 6.02. The number of carbonyl (C=O) groups is 1. The fraction of sp³-hybridized carbons (Fsp3) is 0.714. The molecule has 0 radical (unpaired) electrons. The average Bonchev–Trinajstić information content (AvgIpc) is 2.76. The number of hydrogen-bond acceptors (Lipinski definition) is 3. The highest BCUT2D eigenvalue weighted by Gasteiger charge is 2.16. The van der Waals surface area contributed by atoms with Crippen molar-refractivity contribution in [1.29, 1.82) is 0 Å². The number of amides is 1. The van der Waals surface area contributed by atoms with Crippen LogP contribution in [-0.4, -0.2) is 27.8 Å². The van der Waals surface area contributed by atoms with Gasteiger partial charge in [0.1, 0.15) is 0 Å². The quantitative estimate of drug-likeness (QED) is 0.744. The Balaban J connectivity index is 2.67. The summed E-state index contributed by atoms with van der Waals surface area (Å²) in [7, 11) is 0.